The molecule has 0 aromatic carbocycles. The van der Waals surface area contributed by atoms with E-state index in [1.54, 1.807) is 0 Å². The number of hydrogen-bond donors (Lipinski definition) is 0. The van der Waals surface area contributed by atoms with Crippen LogP contribution < -0.4 is 0 Å². The molecule has 0 aliphatic rings. The third-order valence-corrected chi connectivity index (χ3v) is 2.51. The highest BCUT2D eigenvalue weighted by molar-refractivity contribution is 7.85. The van der Waals surface area contributed by atoms with E-state index >= 15 is 0 Å². The number of rotatable bonds is 7. The average molecular weight is 274 g/mol. The molecule has 0 fully saturated rings. The van der Waals surface area contributed by atoms with Crippen LogP contribution in [0.3, 0.4) is 0 Å². The van der Waals surface area contributed by atoms with E-state index in [0.717, 1.165) is 20.3 Å². The Morgan fingerprint density at radius 3 is 2.29 bits per heavy atom. The van der Waals surface area contributed by atoms with Crippen LogP contribution in [0, 0.1) is 5.92 Å². The van der Waals surface area contributed by atoms with Crippen LogP contribution in [0.25, 0.3) is 0 Å². The van der Waals surface area contributed by atoms with Crippen molar-refractivity contribution in [2.75, 3.05) is 20.0 Å². The number of alkyl halides is 2. The lowest BCUT2D eigenvalue weighted by Gasteiger charge is -2.16. The fourth-order valence-corrected chi connectivity index (χ4v) is 1.48. The van der Waals surface area contributed by atoms with Crippen molar-refractivity contribution in [2.24, 2.45) is 5.92 Å². The number of halogens is 2. The van der Waals surface area contributed by atoms with E-state index in [0.29, 0.717) is 0 Å². The van der Waals surface area contributed by atoms with Gasteiger partial charge in [0.1, 0.15) is 0 Å². The van der Waals surface area contributed by atoms with Crippen LogP contribution in [-0.4, -0.2) is 40.3 Å². The second-order valence-corrected chi connectivity index (χ2v) is 5.46. The quantitative estimate of drug-likeness (QED) is 0.515. The summed E-state index contributed by atoms with van der Waals surface area (Å²) in [5.41, 5.74) is 0. The number of hydrogen-bond acceptors (Lipinski definition) is 5. The lowest BCUT2D eigenvalue weighted by Crippen LogP contribution is -2.25. The van der Waals surface area contributed by atoms with E-state index in [1.807, 2.05) is 0 Å². The Morgan fingerprint density at radius 1 is 1.41 bits per heavy atom. The SMILES string of the molecule is COC(=O)C(CCC(C)(F)F)COS(C)(=O)=O. The van der Waals surface area contributed by atoms with E-state index < -0.39 is 41.0 Å². The van der Waals surface area contributed by atoms with Crippen LogP contribution in [-0.2, 0) is 23.8 Å². The van der Waals surface area contributed by atoms with E-state index in [4.69, 9.17) is 0 Å². The molecule has 0 aromatic rings. The third-order valence-electron chi connectivity index (χ3n) is 1.95. The van der Waals surface area contributed by atoms with Gasteiger partial charge in [-0.2, -0.15) is 8.42 Å². The van der Waals surface area contributed by atoms with Crippen LogP contribution >= 0.6 is 0 Å². The van der Waals surface area contributed by atoms with Gasteiger partial charge in [-0.1, -0.05) is 0 Å². The molecule has 0 rings (SSSR count). The number of carbonyl (C=O) groups excluding carboxylic acids is 1. The first-order chi connectivity index (χ1) is 7.55. The van der Waals surface area contributed by atoms with Crippen LogP contribution in [0.5, 0.6) is 0 Å². The highest BCUT2D eigenvalue weighted by Crippen LogP contribution is 2.23. The molecule has 0 N–H and O–H groups in total. The van der Waals surface area contributed by atoms with Crippen molar-refractivity contribution in [2.45, 2.75) is 25.7 Å². The maximum atomic E-state index is 12.6. The highest BCUT2D eigenvalue weighted by atomic mass is 32.2. The van der Waals surface area contributed by atoms with Crippen molar-refractivity contribution in [1.29, 1.82) is 0 Å². The molecule has 17 heavy (non-hydrogen) atoms. The first-order valence-corrected chi connectivity index (χ1v) is 6.67. The summed E-state index contributed by atoms with van der Waals surface area (Å²) < 4.78 is 55.5. The Kier molecular flexibility index (Phi) is 5.97. The lowest BCUT2D eigenvalue weighted by molar-refractivity contribution is -0.147. The Labute approximate surface area is 99.2 Å². The molecule has 102 valence electrons. The highest BCUT2D eigenvalue weighted by Gasteiger charge is 2.28. The monoisotopic (exact) mass is 274 g/mol. The molecule has 1 unspecified atom stereocenters. The Bertz CT molecular complexity index is 347. The van der Waals surface area contributed by atoms with Gasteiger partial charge in [0, 0.05) is 6.42 Å². The second kappa shape index (κ2) is 6.25. The van der Waals surface area contributed by atoms with Gasteiger partial charge in [-0.3, -0.25) is 8.98 Å². The Hall–Kier alpha value is -0.760. The zero-order valence-corrected chi connectivity index (χ0v) is 10.7. The molecule has 0 spiro atoms. The molecule has 0 saturated heterocycles. The minimum Gasteiger partial charge on any atom is -0.469 e. The van der Waals surface area contributed by atoms with Crippen molar-refractivity contribution in [3.63, 3.8) is 0 Å². The van der Waals surface area contributed by atoms with Gasteiger partial charge in [0.05, 0.1) is 25.9 Å². The van der Waals surface area contributed by atoms with E-state index in [1.165, 1.54) is 0 Å². The summed E-state index contributed by atoms with van der Waals surface area (Å²) in [5, 5.41) is 0. The fraction of sp³-hybridized carbons (Fsp3) is 0.889. The molecule has 0 aliphatic heterocycles. The largest absolute Gasteiger partial charge is 0.469 e. The zero-order valence-electron chi connectivity index (χ0n) is 9.90. The van der Waals surface area contributed by atoms with Crippen molar-refractivity contribution < 1.29 is 30.9 Å². The van der Waals surface area contributed by atoms with Gasteiger partial charge >= 0.3 is 5.97 Å². The van der Waals surface area contributed by atoms with Gasteiger partial charge < -0.3 is 4.74 Å². The van der Waals surface area contributed by atoms with Crippen LogP contribution in [0.4, 0.5) is 8.78 Å². The average Bonchev–Trinajstić information content (AvgIpc) is 2.13. The Morgan fingerprint density at radius 2 is 1.94 bits per heavy atom. The molecular weight excluding hydrogens is 258 g/mol. The van der Waals surface area contributed by atoms with Gasteiger partial charge in [0.15, 0.2) is 0 Å². The summed E-state index contributed by atoms with van der Waals surface area (Å²) in [6.07, 6.45) is 0.0708. The van der Waals surface area contributed by atoms with Gasteiger partial charge in [-0.25, -0.2) is 8.78 Å². The summed E-state index contributed by atoms with van der Waals surface area (Å²) in [5.74, 6) is -4.70. The molecular formula is C9H16F2O5S. The van der Waals surface area contributed by atoms with Gasteiger partial charge in [0.25, 0.3) is 10.1 Å². The standard InChI is InChI=1S/C9H16F2O5S/c1-9(10,11)5-4-7(8(12)15-2)6-16-17(3,13)14/h7H,4-6H2,1-3H3. The second-order valence-electron chi connectivity index (χ2n) is 3.82. The van der Waals surface area contributed by atoms with E-state index in [9.17, 15) is 22.0 Å². The fourth-order valence-electron chi connectivity index (χ4n) is 1.07. The normalized spacial score (nSPS) is 14.4. The number of esters is 1. The maximum Gasteiger partial charge on any atom is 0.311 e. The number of carbonyl (C=O) groups is 1. The lowest BCUT2D eigenvalue weighted by atomic mass is 10.0. The number of ether oxygens (including phenoxy) is 1. The minimum atomic E-state index is -3.71. The minimum absolute atomic E-state index is 0.203. The topological polar surface area (TPSA) is 69.7 Å². The summed E-state index contributed by atoms with van der Waals surface area (Å²) in [6, 6.07) is 0. The van der Waals surface area contributed by atoms with Gasteiger partial charge in [-0.15, -0.1) is 0 Å². The van der Waals surface area contributed by atoms with Crippen molar-refractivity contribution >= 4 is 16.1 Å². The first-order valence-electron chi connectivity index (χ1n) is 4.85. The molecule has 0 radical (unpaired) electrons. The van der Waals surface area contributed by atoms with Crippen LogP contribution in [0.2, 0.25) is 0 Å². The molecule has 0 amide bonds. The zero-order chi connectivity index (χ0) is 13.7. The van der Waals surface area contributed by atoms with Gasteiger partial charge in [0.2, 0.25) is 5.92 Å². The van der Waals surface area contributed by atoms with Crippen LogP contribution in [0.1, 0.15) is 19.8 Å². The first kappa shape index (κ1) is 16.2. The van der Waals surface area contributed by atoms with Crippen LogP contribution in [0.15, 0.2) is 0 Å². The molecule has 1 atom stereocenters. The molecule has 0 aliphatic carbocycles. The summed E-state index contributed by atoms with van der Waals surface area (Å²) in [7, 11) is -2.61. The molecule has 0 heterocycles. The molecule has 0 aromatic heterocycles. The molecule has 0 bridgehead atoms. The smallest absolute Gasteiger partial charge is 0.311 e. The maximum absolute atomic E-state index is 12.6. The molecule has 0 saturated carbocycles. The molecule has 5 nitrogen and oxygen atoms in total. The molecule has 8 heteroatoms. The summed E-state index contributed by atoms with van der Waals surface area (Å²) >= 11 is 0. The van der Waals surface area contributed by atoms with Crippen molar-refractivity contribution in [3.8, 4) is 0 Å². The summed E-state index contributed by atoms with van der Waals surface area (Å²) in [4.78, 5) is 11.2. The third kappa shape index (κ3) is 8.99. The van der Waals surface area contributed by atoms with E-state index in [2.05, 4.69) is 8.92 Å². The van der Waals surface area contributed by atoms with E-state index in [-0.39, 0.29) is 6.42 Å². The number of methoxy groups -OCH3 is 1. The Balaban J connectivity index is 4.40. The predicted molar refractivity (Wildman–Crippen MR) is 56.2 cm³/mol. The predicted octanol–water partition coefficient (Wildman–Crippen LogP) is 1.19. The van der Waals surface area contributed by atoms with Gasteiger partial charge in [-0.05, 0) is 13.3 Å². The van der Waals surface area contributed by atoms with Crippen molar-refractivity contribution in [3.05, 3.63) is 0 Å². The summed E-state index contributed by atoms with van der Waals surface area (Å²) in [6.45, 7) is 0.236. The van der Waals surface area contributed by atoms with Crippen molar-refractivity contribution in [1.82, 2.24) is 0 Å².